The number of nitrogens with zero attached hydrogens (tertiary/aromatic N) is 3. The van der Waals surface area contributed by atoms with Crippen LogP contribution in [0.25, 0.3) is 6.08 Å². The van der Waals surface area contributed by atoms with E-state index >= 15 is 0 Å². The van der Waals surface area contributed by atoms with Crippen LogP contribution in [0.2, 0.25) is 10.0 Å². The smallest absolute Gasteiger partial charge is 0.318 e. The van der Waals surface area contributed by atoms with Gasteiger partial charge in [0.2, 0.25) is 5.75 Å². The average Bonchev–Trinajstić information content (AvgIpc) is 2.81. The van der Waals surface area contributed by atoms with Crippen LogP contribution in [0, 0.1) is 31.6 Å². The van der Waals surface area contributed by atoms with Crippen LogP contribution in [0.15, 0.2) is 64.6 Å². The van der Waals surface area contributed by atoms with Gasteiger partial charge in [-0.2, -0.15) is 5.26 Å². The first-order valence-electron chi connectivity index (χ1n) is 9.38. The van der Waals surface area contributed by atoms with Crippen molar-refractivity contribution in [2.24, 2.45) is 0 Å². The zero-order chi connectivity index (χ0) is 25.7. The fraction of sp³-hybridized carbons (Fsp3) is 0. The molecule has 1 N–H and O–H groups in total. The number of nitriles is 1. The van der Waals surface area contributed by atoms with E-state index < -0.39 is 27.1 Å². The van der Waals surface area contributed by atoms with Crippen molar-refractivity contribution in [3.8, 4) is 17.6 Å². The molecule has 0 saturated heterocycles. The van der Waals surface area contributed by atoms with E-state index in [2.05, 4.69) is 21.2 Å². The molecule has 0 aromatic heterocycles. The van der Waals surface area contributed by atoms with Gasteiger partial charge in [0, 0.05) is 6.07 Å². The highest BCUT2D eigenvalue weighted by molar-refractivity contribution is 9.10. The number of anilines is 1. The number of nitro groups is 2. The molecule has 13 heteroatoms. The first-order valence-corrected chi connectivity index (χ1v) is 10.9. The van der Waals surface area contributed by atoms with Gasteiger partial charge in [0.15, 0.2) is 0 Å². The topological polar surface area (TPSA) is 148 Å². The van der Waals surface area contributed by atoms with Crippen molar-refractivity contribution in [3.05, 3.63) is 100 Å². The fourth-order valence-corrected chi connectivity index (χ4v) is 3.74. The molecule has 0 fully saturated rings. The Labute approximate surface area is 215 Å². The molecule has 3 rings (SSSR count). The van der Waals surface area contributed by atoms with Gasteiger partial charge in [0.1, 0.15) is 17.4 Å². The number of hydrogen-bond donors (Lipinski definition) is 1. The lowest BCUT2D eigenvalue weighted by molar-refractivity contribution is -0.394. The number of ether oxygens (including phenoxy) is 1. The van der Waals surface area contributed by atoms with E-state index in [0.717, 1.165) is 18.2 Å². The maximum absolute atomic E-state index is 12.6. The Hall–Kier alpha value is -3.98. The summed E-state index contributed by atoms with van der Waals surface area (Å²) >= 11 is 15.4. The molecular formula is C22H11BrCl2N4O6. The van der Waals surface area contributed by atoms with E-state index in [1.165, 1.54) is 36.4 Å². The first kappa shape index (κ1) is 25.6. The summed E-state index contributed by atoms with van der Waals surface area (Å²) in [4.78, 5) is 33.2. The summed E-state index contributed by atoms with van der Waals surface area (Å²) in [6.45, 7) is 0. The Balaban J connectivity index is 1.86. The minimum Gasteiger partial charge on any atom is -0.449 e. The van der Waals surface area contributed by atoms with E-state index in [0.29, 0.717) is 10.0 Å². The number of amides is 1. The van der Waals surface area contributed by atoms with Gasteiger partial charge < -0.3 is 10.1 Å². The number of nitro benzene ring substituents is 2. The van der Waals surface area contributed by atoms with Gasteiger partial charge in [0.25, 0.3) is 11.6 Å². The Kier molecular flexibility index (Phi) is 8.03. The third kappa shape index (κ3) is 6.13. The Morgan fingerprint density at radius 3 is 2.26 bits per heavy atom. The van der Waals surface area contributed by atoms with E-state index in [9.17, 15) is 30.3 Å². The van der Waals surface area contributed by atoms with Crippen LogP contribution in [0.1, 0.15) is 5.56 Å². The normalized spacial score (nSPS) is 10.9. The largest absolute Gasteiger partial charge is 0.449 e. The van der Waals surface area contributed by atoms with Crippen LogP contribution in [0.4, 0.5) is 17.1 Å². The van der Waals surface area contributed by atoms with Crippen LogP contribution in [0.5, 0.6) is 11.5 Å². The van der Waals surface area contributed by atoms with Crippen LogP contribution in [-0.2, 0) is 4.79 Å². The molecule has 0 saturated carbocycles. The summed E-state index contributed by atoms with van der Waals surface area (Å²) < 4.78 is 5.91. The lowest BCUT2D eigenvalue weighted by Gasteiger charge is -2.10. The SMILES string of the molecule is N#C/C(=C\c1ccc(Oc2ccc([N+](=O)[O-])cc2[N+](=O)[O-])c(Br)c1)C(=O)Nc1c(Cl)cccc1Cl. The number of hydrogen-bond acceptors (Lipinski definition) is 7. The summed E-state index contributed by atoms with van der Waals surface area (Å²) in [6, 6.07) is 13.9. The highest BCUT2D eigenvalue weighted by Gasteiger charge is 2.22. The molecule has 0 radical (unpaired) electrons. The van der Waals surface area contributed by atoms with Crippen molar-refractivity contribution < 1.29 is 19.4 Å². The van der Waals surface area contributed by atoms with Gasteiger partial charge in [-0.1, -0.05) is 35.3 Å². The summed E-state index contributed by atoms with van der Waals surface area (Å²) in [7, 11) is 0. The van der Waals surface area contributed by atoms with Crippen molar-refractivity contribution >= 4 is 68.2 Å². The molecule has 3 aromatic rings. The van der Waals surface area contributed by atoms with E-state index in [4.69, 9.17) is 27.9 Å². The minimum absolute atomic E-state index is 0.157. The number of carbonyl (C=O) groups is 1. The lowest BCUT2D eigenvalue weighted by atomic mass is 10.1. The molecule has 0 aliphatic heterocycles. The highest BCUT2D eigenvalue weighted by atomic mass is 79.9. The molecule has 3 aromatic carbocycles. The Morgan fingerprint density at radius 2 is 1.69 bits per heavy atom. The second-order valence-electron chi connectivity index (χ2n) is 6.68. The zero-order valence-electron chi connectivity index (χ0n) is 17.2. The number of carbonyl (C=O) groups excluding carboxylic acids is 1. The molecule has 0 heterocycles. The van der Waals surface area contributed by atoms with E-state index in [-0.39, 0.29) is 32.8 Å². The number of nitrogens with one attached hydrogen (secondary N) is 1. The standard InChI is InChI=1S/C22H11BrCl2N4O6/c23-15-9-12(8-13(11-26)22(30)27-21-16(24)2-1-3-17(21)25)4-6-19(15)35-20-7-5-14(28(31)32)10-18(20)29(33)34/h1-10H,(H,27,30)/b13-8+. The van der Waals surface area contributed by atoms with Crippen LogP contribution >= 0.6 is 39.1 Å². The van der Waals surface area contributed by atoms with Gasteiger partial charge >= 0.3 is 5.69 Å². The maximum Gasteiger partial charge on any atom is 0.318 e. The molecule has 35 heavy (non-hydrogen) atoms. The van der Waals surface area contributed by atoms with Crippen molar-refractivity contribution in [2.45, 2.75) is 0 Å². The van der Waals surface area contributed by atoms with Crippen molar-refractivity contribution in [3.63, 3.8) is 0 Å². The number of non-ortho nitro benzene ring substituents is 1. The molecule has 176 valence electrons. The van der Waals surface area contributed by atoms with Crippen molar-refractivity contribution in [1.82, 2.24) is 0 Å². The van der Waals surface area contributed by atoms with Gasteiger partial charge in [-0.3, -0.25) is 25.0 Å². The van der Waals surface area contributed by atoms with Crippen LogP contribution < -0.4 is 10.1 Å². The summed E-state index contributed by atoms with van der Waals surface area (Å²) in [6.07, 6.45) is 1.31. The van der Waals surface area contributed by atoms with Gasteiger partial charge in [0.05, 0.1) is 36.1 Å². The average molecular weight is 578 g/mol. The predicted molar refractivity (Wildman–Crippen MR) is 133 cm³/mol. The number of benzene rings is 3. The van der Waals surface area contributed by atoms with Gasteiger partial charge in [-0.05, 0) is 57.9 Å². The molecule has 0 aliphatic rings. The zero-order valence-corrected chi connectivity index (χ0v) is 20.3. The minimum atomic E-state index is -0.795. The van der Waals surface area contributed by atoms with Crippen LogP contribution in [0.3, 0.4) is 0 Å². The highest BCUT2D eigenvalue weighted by Crippen LogP contribution is 2.37. The van der Waals surface area contributed by atoms with E-state index in [1.54, 1.807) is 12.1 Å². The quantitative estimate of drug-likeness (QED) is 0.139. The van der Waals surface area contributed by atoms with Crippen LogP contribution in [-0.4, -0.2) is 15.8 Å². The first-order chi connectivity index (χ1) is 16.6. The summed E-state index contributed by atoms with van der Waals surface area (Å²) in [5.41, 5.74) is -0.690. The summed E-state index contributed by atoms with van der Waals surface area (Å²) in [5, 5.41) is 34.6. The van der Waals surface area contributed by atoms with E-state index in [1.807, 2.05) is 0 Å². The second-order valence-corrected chi connectivity index (χ2v) is 8.35. The number of para-hydroxylation sites is 1. The maximum atomic E-state index is 12.6. The third-order valence-corrected chi connectivity index (χ3v) is 5.65. The summed E-state index contributed by atoms with van der Waals surface area (Å²) in [5.74, 6) is -0.788. The Bertz CT molecular complexity index is 1420. The molecule has 10 nitrogen and oxygen atoms in total. The molecule has 0 spiro atoms. The monoisotopic (exact) mass is 576 g/mol. The molecule has 0 bridgehead atoms. The molecular weight excluding hydrogens is 567 g/mol. The lowest BCUT2D eigenvalue weighted by Crippen LogP contribution is -2.14. The second kappa shape index (κ2) is 11.0. The fourth-order valence-electron chi connectivity index (χ4n) is 2.77. The van der Waals surface area contributed by atoms with Gasteiger partial charge in [-0.25, -0.2) is 0 Å². The molecule has 0 atom stereocenters. The molecule has 1 amide bonds. The third-order valence-electron chi connectivity index (χ3n) is 4.40. The predicted octanol–water partition coefficient (Wildman–Crippen LogP) is 6.91. The van der Waals surface area contributed by atoms with Gasteiger partial charge in [-0.15, -0.1) is 0 Å². The number of rotatable bonds is 7. The Morgan fingerprint density at radius 1 is 1.03 bits per heavy atom. The van der Waals surface area contributed by atoms with Crippen molar-refractivity contribution in [1.29, 1.82) is 5.26 Å². The van der Waals surface area contributed by atoms with Crippen molar-refractivity contribution in [2.75, 3.05) is 5.32 Å². The molecule has 0 unspecified atom stereocenters. The number of halogens is 3. The molecule has 0 aliphatic carbocycles.